The number of hydrogen-bond donors (Lipinski definition) is 5. The van der Waals surface area contributed by atoms with Gasteiger partial charge in [0.25, 0.3) is 0 Å². The quantitative estimate of drug-likeness (QED) is 0.537. The van der Waals surface area contributed by atoms with E-state index in [-0.39, 0.29) is 17.2 Å². The van der Waals surface area contributed by atoms with Gasteiger partial charge in [0.15, 0.2) is 0 Å². The molecule has 0 aliphatic rings. The molecular formula is C14H22N6O2. The fraction of sp³-hybridized carbons (Fsp3) is 0.357. The van der Waals surface area contributed by atoms with Gasteiger partial charge in [-0.15, -0.1) is 0 Å². The van der Waals surface area contributed by atoms with E-state index < -0.39 is 11.7 Å². The molecule has 1 aromatic heterocycles. The van der Waals surface area contributed by atoms with Crippen molar-refractivity contribution in [3.63, 3.8) is 0 Å². The van der Waals surface area contributed by atoms with Gasteiger partial charge in [-0.1, -0.05) is 0 Å². The van der Waals surface area contributed by atoms with Crippen LogP contribution in [0.2, 0.25) is 0 Å². The molecule has 1 heterocycles. The smallest absolute Gasteiger partial charge is 0.412 e. The summed E-state index contributed by atoms with van der Waals surface area (Å²) in [5.41, 5.74) is 12.3. The molecule has 120 valence electrons. The van der Waals surface area contributed by atoms with E-state index in [1.54, 1.807) is 34.0 Å². The summed E-state index contributed by atoms with van der Waals surface area (Å²) in [5, 5.41) is 12.7. The number of pyridine rings is 1. The van der Waals surface area contributed by atoms with Crippen LogP contribution in [-0.2, 0) is 4.74 Å². The monoisotopic (exact) mass is 306 g/mol. The highest BCUT2D eigenvalue weighted by Gasteiger charge is 2.18. The molecule has 1 rings (SSSR count). The van der Waals surface area contributed by atoms with Gasteiger partial charge in [0.2, 0.25) is 0 Å². The predicted molar refractivity (Wildman–Crippen MR) is 88.7 cm³/mol. The van der Waals surface area contributed by atoms with Gasteiger partial charge < -0.3 is 26.9 Å². The zero-order valence-corrected chi connectivity index (χ0v) is 13.2. The molecule has 1 aromatic rings. The Kier molecular flexibility index (Phi) is 5.33. The summed E-state index contributed by atoms with van der Waals surface area (Å²) in [6.45, 7) is 5.27. The Balaban J connectivity index is 3.15. The molecule has 1 amide bonds. The molecule has 0 aromatic carbocycles. The van der Waals surface area contributed by atoms with Crippen LogP contribution in [0.3, 0.4) is 0 Å². The maximum Gasteiger partial charge on any atom is 0.412 e. The summed E-state index contributed by atoms with van der Waals surface area (Å²) in [4.78, 5) is 16.0. The molecule has 8 heteroatoms. The van der Waals surface area contributed by atoms with E-state index in [1.807, 2.05) is 0 Å². The number of nitrogen functional groups attached to an aromatic ring is 2. The summed E-state index contributed by atoms with van der Waals surface area (Å²) < 4.78 is 5.17. The standard InChI is InChI=1S/C14H22N6O2/c1-14(2,3)22-13(21)20-10-5-9(8(6-15)7-18-4)19-12(17)11(10)16/h5-7,15,18H,16H2,1-4H3,(H3,17,19,20,21)/b8-7+,15-6?. The van der Waals surface area contributed by atoms with Crippen molar-refractivity contribution >= 4 is 35.1 Å². The molecule has 0 fully saturated rings. The van der Waals surface area contributed by atoms with Crippen molar-refractivity contribution in [3.05, 3.63) is 18.0 Å². The van der Waals surface area contributed by atoms with Gasteiger partial charge in [-0.05, 0) is 26.8 Å². The average Bonchev–Trinajstić information content (AvgIpc) is 2.38. The van der Waals surface area contributed by atoms with Crippen molar-refractivity contribution in [1.29, 1.82) is 5.41 Å². The number of carbonyl (C=O) groups excluding carboxylic acids is 1. The average molecular weight is 306 g/mol. The van der Waals surface area contributed by atoms with E-state index in [4.69, 9.17) is 21.6 Å². The van der Waals surface area contributed by atoms with E-state index in [9.17, 15) is 4.79 Å². The van der Waals surface area contributed by atoms with Crippen LogP contribution in [0, 0.1) is 5.41 Å². The largest absolute Gasteiger partial charge is 0.444 e. The highest BCUT2D eigenvalue weighted by Crippen LogP contribution is 2.27. The maximum atomic E-state index is 11.8. The number of nitrogens with one attached hydrogen (secondary N) is 3. The van der Waals surface area contributed by atoms with Crippen LogP contribution in [-0.4, -0.2) is 29.9 Å². The molecule has 0 radical (unpaired) electrons. The molecule has 0 aliphatic heterocycles. The fourth-order valence-electron chi connectivity index (χ4n) is 1.58. The molecule has 0 bridgehead atoms. The van der Waals surface area contributed by atoms with E-state index in [1.165, 1.54) is 6.07 Å². The maximum absolute atomic E-state index is 11.8. The number of carbonyl (C=O) groups is 1. The lowest BCUT2D eigenvalue weighted by molar-refractivity contribution is 0.0636. The van der Waals surface area contributed by atoms with Crippen molar-refractivity contribution in [2.24, 2.45) is 0 Å². The lowest BCUT2D eigenvalue weighted by Gasteiger charge is -2.20. The second-order valence-corrected chi connectivity index (χ2v) is 5.51. The first kappa shape index (κ1) is 17.3. The lowest BCUT2D eigenvalue weighted by atomic mass is 10.1. The van der Waals surface area contributed by atoms with Crippen molar-refractivity contribution in [3.8, 4) is 0 Å². The third-order valence-electron chi connectivity index (χ3n) is 2.47. The normalized spacial score (nSPS) is 11.7. The van der Waals surface area contributed by atoms with Crippen LogP contribution < -0.4 is 22.1 Å². The number of rotatable bonds is 4. The van der Waals surface area contributed by atoms with Crippen LogP contribution in [0.25, 0.3) is 5.57 Å². The summed E-state index contributed by atoms with van der Waals surface area (Å²) in [5.74, 6) is 0.0624. The van der Waals surface area contributed by atoms with Crippen molar-refractivity contribution in [2.75, 3.05) is 23.8 Å². The van der Waals surface area contributed by atoms with Gasteiger partial charge >= 0.3 is 6.09 Å². The molecule has 0 atom stereocenters. The molecule has 8 nitrogen and oxygen atoms in total. The minimum absolute atomic E-state index is 0.0624. The lowest BCUT2D eigenvalue weighted by Crippen LogP contribution is -2.27. The third-order valence-corrected chi connectivity index (χ3v) is 2.47. The Bertz CT molecular complexity index is 604. The van der Waals surface area contributed by atoms with Gasteiger partial charge in [-0.3, -0.25) is 5.32 Å². The number of allylic oxidation sites excluding steroid dienone is 1. The Morgan fingerprint density at radius 2 is 2.05 bits per heavy atom. The van der Waals surface area contributed by atoms with E-state index in [0.717, 1.165) is 6.21 Å². The fourth-order valence-corrected chi connectivity index (χ4v) is 1.58. The third kappa shape index (κ3) is 4.65. The van der Waals surface area contributed by atoms with Crippen LogP contribution in [0.1, 0.15) is 26.5 Å². The van der Waals surface area contributed by atoms with Crippen LogP contribution in [0.4, 0.5) is 22.0 Å². The van der Waals surface area contributed by atoms with E-state index >= 15 is 0 Å². The van der Waals surface area contributed by atoms with Crippen LogP contribution in [0.5, 0.6) is 0 Å². The summed E-state index contributed by atoms with van der Waals surface area (Å²) >= 11 is 0. The molecule has 7 N–H and O–H groups in total. The predicted octanol–water partition coefficient (Wildman–Crippen LogP) is 1.80. The molecule has 22 heavy (non-hydrogen) atoms. The molecule has 0 saturated carbocycles. The second kappa shape index (κ2) is 6.79. The summed E-state index contributed by atoms with van der Waals surface area (Å²) in [6, 6.07) is 1.53. The Morgan fingerprint density at radius 1 is 1.41 bits per heavy atom. The first-order valence-corrected chi connectivity index (χ1v) is 6.62. The number of nitrogens with two attached hydrogens (primary N) is 2. The Hall–Kier alpha value is -2.77. The van der Waals surface area contributed by atoms with Gasteiger partial charge in [0.1, 0.15) is 11.4 Å². The first-order chi connectivity index (χ1) is 10.2. The van der Waals surface area contributed by atoms with Gasteiger partial charge in [0.05, 0.1) is 17.1 Å². The number of nitrogens with zero attached hydrogens (tertiary/aromatic N) is 1. The zero-order valence-electron chi connectivity index (χ0n) is 13.2. The first-order valence-electron chi connectivity index (χ1n) is 6.62. The van der Waals surface area contributed by atoms with E-state index in [0.29, 0.717) is 11.3 Å². The van der Waals surface area contributed by atoms with Crippen molar-refractivity contribution in [1.82, 2.24) is 10.3 Å². The molecule has 0 aliphatic carbocycles. The van der Waals surface area contributed by atoms with E-state index in [2.05, 4.69) is 15.6 Å². The second-order valence-electron chi connectivity index (χ2n) is 5.51. The summed E-state index contributed by atoms with van der Waals surface area (Å²) in [6.07, 6.45) is 2.05. The summed E-state index contributed by atoms with van der Waals surface area (Å²) in [7, 11) is 1.70. The molecule has 0 unspecified atom stereocenters. The topological polar surface area (TPSA) is 139 Å². The van der Waals surface area contributed by atoms with Crippen molar-refractivity contribution in [2.45, 2.75) is 26.4 Å². The van der Waals surface area contributed by atoms with Crippen LogP contribution in [0.15, 0.2) is 12.3 Å². The van der Waals surface area contributed by atoms with Gasteiger partial charge in [-0.25, -0.2) is 9.78 Å². The SMILES string of the molecule is CN/C=C(\C=N)c1cc(NC(=O)OC(C)(C)C)c(N)c(N)n1. The highest BCUT2D eigenvalue weighted by atomic mass is 16.6. The highest BCUT2D eigenvalue weighted by molar-refractivity contribution is 6.08. The molecule has 0 spiro atoms. The van der Waals surface area contributed by atoms with Crippen LogP contribution >= 0.6 is 0 Å². The Labute approximate surface area is 129 Å². The number of amides is 1. The van der Waals surface area contributed by atoms with Crippen molar-refractivity contribution < 1.29 is 9.53 Å². The minimum atomic E-state index is -0.648. The van der Waals surface area contributed by atoms with Gasteiger partial charge in [0, 0.05) is 25.0 Å². The zero-order chi connectivity index (χ0) is 16.9. The Morgan fingerprint density at radius 3 is 2.55 bits per heavy atom. The minimum Gasteiger partial charge on any atom is -0.444 e. The number of ether oxygens (including phenoxy) is 1. The molecule has 0 saturated heterocycles. The number of anilines is 3. The number of aromatic nitrogens is 1. The van der Waals surface area contributed by atoms with Gasteiger partial charge in [-0.2, -0.15) is 0 Å². The molecular weight excluding hydrogens is 284 g/mol. The number of hydrogen-bond acceptors (Lipinski definition) is 7.